The van der Waals surface area contributed by atoms with Crippen LogP contribution in [0.2, 0.25) is 0 Å². The Bertz CT molecular complexity index is 1240. The molecule has 0 saturated heterocycles. The molecule has 1 amide bonds. The largest absolute Gasteiger partial charge is 0.438 e. The van der Waals surface area contributed by atoms with Crippen molar-refractivity contribution in [3.63, 3.8) is 0 Å². The number of anilines is 1. The Hall–Kier alpha value is -4.14. The van der Waals surface area contributed by atoms with Gasteiger partial charge in [-0.05, 0) is 68.4 Å². The van der Waals surface area contributed by atoms with E-state index < -0.39 is 17.5 Å². The quantitative estimate of drug-likeness (QED) is 0.509. The predicted molar refractivity (Wildman–Crippen MR) is 109 cm³/mol. The number of carbonyl (C=O) groups excluding carboxylic acids is 1. The van der Waals surface area contributed by atoms with Gasteiger partial charge in [0.1, 0.15) is 5.75 Å². The number of rotatable bonds is 5. The number of nitrogens with zero attached hydrogens (tertiary/aromatic N) is 4. The summed E-state index contributed by atoms with van der Waals surface area (Å²) in [6, 6.07) is 14.8. The molecule has 156 valence electrons. The lowest BCUT2D eigenvalue weighted by Crippen LogP contribution is -2.12. The van der Waals surface area contributed by atoms with Crippen molar-refractivity contribution in [2.75, 3.05) is 5.32 Å². The van der Waals surface area contributed by atoms with Crippen LogP contribution in [0, 0.1) is 25.5 Å². The average molecular weight is 421 g/mol. The summed E-state index contributed by atoms with van der Waals surface area (Å²) in [5, 5.41) is 15.2. The Morgan fingerprint density at radius 3 is 2.32 bits per heavy atom. The van der Waals surface area contributed by atoms with Crippen LogP contribution >= 0.6 is 0 Å². The number of aromatic nitrogens is 4. The zero-order valence-electron chi connectivity index (χ0n) is 16.6. The highest BCUT2D eigenvalue weighted by atomic mass is 19.2. The van der Waals surface area contributed by atoms with Crippen molar-refractivity contribution < 1.29 is 18.3 Å². The topological polar surface area (TPSA) is 81.9 Å². The zero-order chi connectivity index (χ0) is 22.0. The van der Waals surface area contributed by atoms with Crippen molar-refractivity contribution in [3.8, 4) is 17.4 Å². The molecule has 0 saturated carbocycles. The fraction of sp³-hybridized carbons (Fsp3) is 0.0909. The van der Waals surface area contributed by atoms with E-state index in [0.717, 1.165) is 23.5 Å². The van der Waals surface area contributed by atoms with Crippen molar-refractivity contribution in [1.82, 2.24) is 20.0 Å². The molecule has 0 atom stereocenters. The van der Waals surface area contributed by atoms with Gasteiger partial charge in [0.2, 0.25) is 5.88 Å². The van der Waals surface area contributed by atoms with Crippen LogP contribution in [0.3, 0.4) is 0 Å². The van der Waals surface area contributed by atoms with Gasteiger partial charge in [0.15, 0.2) is 17.5 Å². The van der Waals surface area contributed by atoms with Crippen molar-refractivity contribution >= 4 is 11.6 Å². The summed E-state index contributed by atoms with van der Waals surface area (Å²) in [5.41, 5.74) is 2.31. The lowest BCUT2D eigenvalue weighted by molar-refractivity contribution is 0.102. The van der Waals surface area contributed by atoms with E-state index in [-0.39, 0.29) is 5.56 Å². The number of benzene rings is 2. The molecule has 0 spiro atoms. The second-order valence-corrected chi connectivity index (χ2v) is 6.78. The minimum atomic E-state index is -1.08. The second kappa shape index (κ2) is 8.31. The van der Waals surface area contributed by atoms with Gasteiger partial charge in [-0.25, -0.2) is 13.5 Å². The third kappa shape index (κ3) is 4.55. The lowest BCUT2D eigenvalue weighted by atomic mass is 10.2. The number of carbonyl (C=O) groups is 1. The Balaban J connectivity index is 1.41. The first-order valence-corrected chi connectivity index (χ1v) is 9.31. The van der Waals surface area contributed by atoms with E-state index in [0.29, 0.717) is 23.1 Å². The fourth-order valence-corrected chi connectivity index (χ4v) is 2.91. The number of nitrogens with one attached hydrogen (secondary N) is 1. The highest BCUT2D eigenvalue weighted by Crippen LogP contribution is 2.22. The third-order valence-corrected chi connectivity index (χ3v) is 4.37. The van der Waals surface area contributed by atoms with Gasteiger partial charge in [0.25, 0.3) is 5.91 Å². The predicted octanol–water partition coefficient (Wildman–Crippen LogP) is 4.60. The molecule has 0 aliphatic carbocycles. The van der Waals surface area contributed by atoms with Crippen molar-refractivity contribution in [2.24, 2.45) is 0 Å². The van der Waals surface area contributed by atoms with E-state index in [1.807, 2.05) is 19.9 Å². The zero-order valence-corrected chi connectivity index (χ0v) is 16.6. The molecule has 2 heterocycles. The molecule has 1 N–H and O–H groups in total. The lowest BCUT2D eigenvalue weighted by Gasteiger charge is -2.08. The molecule has 0 fully saturated rings. The highest BCUT2D eigenvalue weighted by Gasteiger charge is 2.11. The van der Waals surface area contributed by atoms with Gasteiger partial charge in [-0.3, -0.25) is 4.79 Å². The van der Waals surface area contributed by atoms with Gasteiger partial charge >= 0.3 is 0 Å². The van der Waals surface area contributed by atoms with Gasteiger partial charge in [-0.1, -0.05) is 0 Å². The standard InChI is InChI=1S/C22H17F2N5O2/c1-13-11-14(2)29(28-13)20-9-10-21(27-26-20)31-17-6-4-16(5-7-17)25-22(30)15-3-8-18(23)19(24)12-15/h3-12H,1-2H3,(H,25,30). The fourth-order valence-electron chi connectivity index (χ4n) is 2.91. The van der Waals surface area contributed by atoms with Crippen LogP contribution in [0.15, 0.2) is 60.7 Å². The van der Waals surface area contributed by atoms with Gasteiger partial charge in [0.05, 0.1) is 5.69 Å². The van der Waals surface area contributed by atoms with E-state index in [2.05, 4.69) is 20.6 Å². The normalized spacial score (nSPS) is 10.7. The van der Waals surface area contributed by atoms with E-state index in [1.165, 1.54) is 6.07 Å². The molecule has 4 aromatic rings. The van der Waals surface area contributed by atoms with Crippen LogP contribution in [0.1, 0.15) is 21.7 Å². The Kier molecular flexibility index (Phi) is 5.40. The van der Waals surface area contributed by atoms with Gasteiger partial charge in [0, 0.05) is 23.0 Å². The maximum absolute atomic E-state index is 13.3. The number of aryl methyl sites for hydroxylation is 2. The first kappa shape index (κ1) is 20.1. The smallest absolute Gasteiger partial charge is 0.255 e. The molecule has 0 aliphatic heterocycles. The van der Waals surface area contributed by atoms with Crippen molar-refractivity contribution in [3.05, 3.63) is 89.2 Å². The summed E-state index contributed by atoms with van der Waals surface area (Å²) in [6.45, 7) is 3.83. The highest BCUT2D eigenvalue weighted by molar-refractivity contribution is 6.04. The van der Waals surface area contributed by atoms with Crippen LogP contribution in [0.25, 0.3) is 5.82 Å². The summed E-state index contributed by atoms with van der Waals surface area (Å²) < 4.78 is 33.7. The van der Waals surface area contributed by atoms with E-state index in [4.69, 9.17) is 4.74 Å². The molecule has 2 aromatic carbocycles. The first-order valence-electron chi connectivity index (χ1n) is 9.31. The number of hydrogen-bond acceptors (Lipinski definition) is 5. The molecule has 0 radical (unpaired) electrons. The number of hydrogen-bond donors (Lipinski definition) is 1. The molecule has 7 nitrogen and oxygen atoms in total. The molecule has 0 unspecified atom stereocenters. The van der Waals surface area contributed by atoms with Crippen LogP contribution < -0.4 is 10.1 Å². The van der Waals surface area contributed by atoms with Gasteiger partial charge in [-0.15, -0.1) is 10.2 Å². The molecule has 2 aromatic heterocycles. The van der Waals surface area contributed by atoms with Crippen LogP contribution in [0.5, 0.6) is 11.6 Å². The van der Waals surface area contributed by atoms with Crippen LogP contribution in [-0.4, -0.2) is 25.9 Å². The Labute approximate surface area is 176 Å². The SMILES string of the molecule is Cc1cc(C)n(-c2ccc(Oc3ccc(NC(=O)c4ccc(F)c(F)c4)cc3)nn2)n1. The van der Waals surface area contributed by atoms with Crippen molar-refractivity contribution in [2.45, 2.75) is 13.8 Å². The average Bonchev–Trinajstić information content (AvgIpc) is 3.10. The maximum atomic E-state index is 13.3. The van der Waals surface area contributed by atoms with Crippen LogP contribution in [-0.2, 0) is 0 Å². The summed E-state index contributed by atoms with van der Waals surface area (Å²) in [4.78, 5) is 12.2. The molecule has 0 bridgehead atoms. The summed E-state index contributed by atoms with van der Waals surface area (Å²) in [6.07, 6.45) is 0. The summed E-state index contributed by atoms with van der Waals surface area (Å²) >= 11 is 0. The minimum Gasteiger partial charge on any atom is -0.438 e. The second-order valence-electron chi connectivity index (χ2n) is 6.78. The van der Waals surface area contributed by atoms with E-state index in [1.54, 1.807) is 41.1 Å². The summed E-state index contributed by atoms with van der Waals surface area (Å²) in [7, 11) is 0. The molecule has 4 rings (SSSR count). The molecular weight excluding hydrogens is 404 g/mol. The third-order valence-electron chi connectivity index (χ3n) is 4.37. The minimum absolute atomic E-state index is 0.0113. The Morgan fingerprint density at radius 2 is 1.71 bits per heavy atom. The van der Waals surface area contributed by atoms with E-state index in [9.17, 15) is 13.6 Å². The molecular formula is C22H17F2N5O2. The van der Waals surface area contributed by atoms with Gasteiger partial charge < -0.3 is 10.1 Å². The number of amides is 1. The first-order chi connectivity index (χ1) is 14.9. The number of halogens is 2. The van der Waals surface area contributed by atoms with Crippen LogP contribution in [0.4, 0.5) is 14.5 Å². The monoisotopic (exact) mass is 421 g/mol. The Morgan fingerprint density at radius 1 is 0.935 bits per heavy atom. The molecule has 31 heavy (non-hydrogen) atoms. The van der Waals surface area contributed by atoms with Gasteiger partial charge in [-0.2, -0.15) is 5.10 Å². The molecule has 9 heteroatoms. The summed E-state index contributed by atoms with van der Waals surface area (Å²) in [5.74, 6) is -1.29. The van der Waals surface area contributed by atoms with E-state index >= 15 is 0 Å². The van der Waals surface area contributed by atoms with Crippen molar-refractivity contribution in [1.29, 1.82) is 0 Å². The maximum Gasteiger partial charge on any atom is 0.255 e. The number of ether oxygens (including phenoxy) is 1. The molecule has 0 aliphatic rings.